The molecule has 2 rings (SSSR count). The minimum absolute atomic E-state index is 0.136. The maximum Gasteiger partial charge on any atom is 0.287 e. The zero-order valence-corrected chi connectivity index (χ0v) is 11.4. The molecule has 3 nitrogen and oxygen atoms in total. The highest BCUT2D eigenvalue weighted by Gasteiger charge is 2.19. The third-order valence-electron chi connectivity index (χ3n) is 3.43. The van der Waals surface area contributed by atoms with Gasteiger partial charge in [0.05, 0.1) is 0 Å². The van der Waals surface area contributed by atoms with Crippen LogP contribution in [-0.2, 0) is 0 Å². The topological polar surface area (TPSA) is 42.2 Å². The minimum atomic E-state index is -0.330. The van der Waals surface area contributed by atoms with E-state index in [0.29, 0.717) is 16.5 Å². The molecule has 1 aromatic heterocycles. The van der Waals surface area contributed by atoms with E-state index in [-0.39, 0.29) is 23.5 Å². The first-order valence-electron chi connectivity index (χ1n) is 6.56. The summed E-state index contributed by atoms with van der Waals surface area (Å²) in [4.78, 5) is 12.1. The van der Waals surface area contributed by atoms with E-state index in [1.165, 1.54) is 12.1 Å². The fourth-order valence-corrected chi connectivity index (χ4v) is 2.15. The van der Waals surface area contributed by atoms with Crippen molar-refractivity contribution in [2.45, 2.75) is 39.7 Å². The molecule has 0 saturated heterocycles. The Morgan fingerprint density at radius 3 is 2.68 bits per heavy atom. The lowest BCUT2D eigenvalue weighted by molar-refractivity contribution is 0.0908. The number of furan rings is 1. The van der Waals surface area contributed by atoms with Crippen LogP contribution < -0.4 is 5.32 Å². The van der Waals surface area contributed by atoms with Gasteiger partial charge >= 0.3 is 0 Å². The SMILES string of the molecule is CCC(CC)NC(=O)c1oc2ccc(F)cc2c1C. The lowest BCUT2D eigenvalue weighted by Crippen LogP contribution is -2.33. The zero-order chi connectivity index (χ0) is 14.0. The maximum atomic E-state index is 13.2. The van der Waals surface area contributed by atoms with Gasteiger partial charge in [0.15, 0.2) is 5.76 Å². The first-order chi connectivity index (χ1) is 9.06. The van der Waals surface area contributed by atoms with Crippen molar-refractivity contribution in [2.75, 3.05) is 0 Å². The highest BCUT2D eigenvalue weighted by Crippen LogP contribution is 2.26. The van der Waals surface area contributed by atoms with Gasteiger partial charge in [-0.3, -0.25) is 4.79 Å². The molecule has 0 saturated carbocycles. The molecular formula is C15H18FNO2. The summed E-state index contributed by atoms with van der Waals surface area (Å²) < 4.78 is 18.7. The molecule has 1 heterocycles. The third-order valence-corrected chi connectivity index (χ3v) is 3.43. The summed E-state index contributed by atoms with van der Waals surface area (Å²) in [5.74, 6) is -0.293. The van der Waals surface area contributed by atoms with Crippen molar-refractivity contribution >= 4 is 16.9 Å². The van der Waals surface area contributed by atoms with Crippen LogP contribution in [-0.4, -0.2) is 11.9 Å². The third kappa shape index (κ3) is 2.62. The number of carbonyl (C=O) groups excluding carboxylic acids is 1. The fourth-order valence-electron chi connectivity index (χ4n) is 2.15. The van der Waals surface area contributed by atoms with Crippen LogP contribution in [0.25, 0.3) is 11.0 Å². The van der Waals surface area contributed by atoms with Crippen LogP contribution in [0.15, 0.2) is 22.6 Å². The normalized spacial score (nSPS) is 11.2. The second-order valence-corrected chi connectivity index (χ2v) is 4.68. The molecule has 102 valence electrons. The predicted molar refractivity (Wildman–Crippen MR) is 72.7 cm³/mol. The number of aryl methyl sites for hydroxylation is 1. The van der Waals surface area contributed by atoms with Crippen LogP contribution in [0.1, 0.15) is 42.8 Å². The van der Waals surface area contributed by atoms with Crippen molar-refractivity contribution in [3.8, 4) is 0 Å². The number of amides is 1. The van der Waals surface area contributed by atoms with Crippen molar-refractivity contribution < 1.29 is 13.6 Å². The van der Waals surface area contributed by atoms with E-state index in [4.69, 9.17) is 4.42 Å². The van der Waals surface area contributed by atoms with E-state index >= 15 is 0 Å². The Morgan fingerprint density at radius 2 is 2.05 bits per heavy atom. The van der Waals surface area contributed by atoms with Crippen molar-refractivity contribution in [3.63, 3.8) is 0 Å². The molecule has 0 aliphatic heterocycles. The standard InChI is InChI=1S/C15H18FNO2/c1-4-11(5-2)17-15(18)14-9(3)12-8-10(16)6-7-13(12)19-14/h6-8,11H,4-5H2,1-3H3,(H,17,18). The summed E-state index contributed by atoms with van der Waals surface area (Å²) in [5.41, 5.74) is 1.21. The van der Waals surface area contributed by atoms with Crippen molar-refractivity contribution in [3.05, 3.63) is 35.3 Å². The van der Waals surface area contributed by atoms with Crippen LogP contribution in [0.3, 0.4) is 0 Å². The van der Waals surface area contributed by atoms with Crippen LogP contribution in [0.2, 0.25) is 0 Å². The van der Waals surface area contributed by atoms with Crippen LogP contribution in [0, 0.1) is 12.7 Å². The number of benzene rings is 1. The minimum Gasteiger partial charge on any atom is -0.451 e. The Labute approximate surface area is 111 Å². The summed E-state index contributed by atoms with van der Waals surface area (Å²) in [5, 5.41) is 3.57. The number of rotatable bonds is 4. The molecule has 0 aliphatic rings. The lowest BCUT2D eigenvalue weighted by Gasteiger charge is -2.13. The molecule has 0 radical (unpaired) electrons. The first-order valence-corrected chi connectivity index (χ1v) is 6.56. The molecule has 19 heavy (non-hydrogen) atoms. The molecule has 0 fully saturated rings. The van der Waals surface area contributed by atoms with E-state index in [9.17, 15) is 9.18 Å². The summed E-state index contributed by atoms with van der Waals surface area (Å²) in [6.07, 6.45) is 1.74. The average molecular weight is 263 g/mol. The smallest absolute Gasteiger partial charge is 0.287 e. The number of carbonyl (C=O) groups is 1. The maximum absolute atomic E-state index is 13.2. The monoisotopic (exact) mass is 263 g/mol. The quantitative estimate of drug-likeness (QED) is 0.911. The summed E-state index contributed by atoms with van der Waals surface area (Å²) in [7, 11) is 0. The van der Waals surface area contributed by atoms with Gasteiger partial charge in [0.1, 0.15) is 11.4 Å². The summed E-state index contributed by atoms with van der Waals surface area (Å²) in [6, 6.07) is 4.40. The molecule has 1 aromatic carbocycles. The molecule has 4 heteroatoms. The van der Waals surface area contributed by atoms with E-state index in [0.717, 1.165) is 12.8 Å². The number of halogens is 1. The van der Waals surface area contributed by atoms with Gasteiger partial charge < -0.3 is 9.73 Å². The van der Waals surface area contributed by atoms with E-state index in [2.05, 4.69) is 5.32 Å². The predicted octanol–water partition coefficient (Wildman–Crippen LogP) is 3.80. The second-order valence-electron chi connectivity index (χ2n) is 4.68. The van der Waals surface area contributed by atoms with Gasteiger partial charge in [-0.2, -0.15) is 0 Å². The highest BCUT2D eigenvalue weighted by molar-refractivity contribution is 5.99. The molecule has 1 amide bonds. The van der Waals surface area contributed by atoms with Gasteiger partial charge in [0, 0.05) is 17.0 Å². The molecular weight excluding hydrogens is 245 g/mol. The van der Waals surface area contributed by atoms with Gasteiger partial charge in [0.25, 0.3) is 5.91 Å². The fraction of sp³-hybridized carbons (Fsp3) is 0.400. The van der Waals surface area contributed by atoms with E-state index in [1.54, 1.807) is 13.0 Å². The van der Waals surface area contributed by atoms with Gasteiger partial charge in [-0.25, -0.2) is 4.39 Å². The molecule has 0 aliphatic carbocycles. The van der Waals surface area contributed by atoms with E-state index in [1.807, 2.05) is 13.8 Å². The van der Waals surface area contributed by atoms with Gasteiger partial charge in [-0.15, -0.1) is 0 Å². The van der Waals surface area contributed by atoms with E-state index < -0.39 is 0 Å². The molecule has 1 N–H and O–H groups in total. The Morgan fingerprint density at radius 1 is 1.37 bits per heavy atom. The van der Waals surface area contributed by atoms with Gasteiger partial charge in [-0.05, 0) is 38.0 Å². The Hall–Kier alpha value is -1.84. The van der Waals surface area contributed by atoms with Crippen LogP contribution >= 0.6 is 0 Å². The Bertz CT molecular complexity index is 599. The number of hydrogen-bond donors (Lipinski definition) is 1. The number of fused-ring (bicyclic) bond motifs is 1. The molecule has 0 atom stereocenters. The summed E-state index contributed by atoms with van der Waals surface area (Å²) >= 11 is 0. The van der Waals surface area contributed by atoms with Crippen LogP contribution in [0.4, 0.5) is 4.39 Å². The Kier molecular flexibility index (Phi) is 3.88. The van der Waals surface area contributed by atoms with Gasteiger partial charge in [-0.1, -0.05) is 13.8 Å². The highest BCUT2D eigenvalue weighted by atomic mass is 19.1. The zero-order valence-electron chi connectivity index (χ0n) is 11.4. The molecule has 0 spiro atoms. The number of hydrogen-bond acceptors (Lipinski definition) is 2. The van der Waals surface area contributed by atoms with Crippen molar-refractivity contribution in [1.82, 2.24) is 5.32 Å². The largest absolute Gasteiger partial charge is 0.451 e. The first kappa shape index (κ1) is 13.6. The Balaban J connectivity index is 2.35. The van der Waals surface area contributed by atoms with Crippen molar-refractivity contribution in [2.24, 2.45) is 0 Å². The summed E-state index contributed by atoms with van der Waals surface area (Å²) in [6.45, 7) is 5.82. The molecule has 2 aromatic rings. The molecule has 0 bridgehead atoms. The average Bonchev–Trinajstić information content (AvgIpc) is 2.73. The number of nitrogens with one attached hydrogen (secondary N) is 1. The lowest BCUT2D eigenvalue weighted by atomic mass is 10.1. The van der Waals surface area contributed by atoms with Crippen molar-refractivity contribution in [1.29, 1.82) is 0 Å². The van der Waals surface area contributed by atoms with Gasteiger partial charge in [0.2, 0.25) is 0 Å². The second kappa shape index (κ2) is 5.43. The molecule has 0 unspecified atom stereocenters. The van der Waals surface area contributed by atoms with Crippen LogP contribution in [0.5, 0.6) is 0 Å².